The highest BCUT2D eigenvalue weighted by molar-refractivity contribution is 7.13. The van der Waals surface area contributed by atoms with E-state index in [9.17, 15) is 4.39 Å². The summed E-state index contributed by atoms with van der Waals surface area (Å²) in [5, 5.41) is 8.49. The monoisotopic (exact) mass is 307 g/mol. The molecule has 1 aromatic carbocycles. The molecule has 0 bridgehead atoms. The van der Waals surface area contributed by atoms with Crippen LogP contribution >= 0.6 is 11.3 Å². The highest BCUT2D eigenvalue weighted by Crippen LogP contribution is 2.20. The number of aryl methyl sites for hydroxylation is 1. The van der Waals surface area contributed by atoms with Gasteiger partial charge in [-0.2, -0.15) is 0 Å². The molecule has 0 spiro atoms. The Morgan fingerprint density at radius 1 is 1.33 bits per heavy atom. The summed E-state index contributed by atoms with van der Waals surface area (Å²) in [4.78, 5) is 5.28. The zero-order valence-corrected chi connectivity index (χ0v) is 12.7. The topological polar surface area (TPSA) is 72.0 Å². The van der Waals surface area contributed by atoms with Crippen molar-refractivity contribution >= 4 is 17.2 Å². The summed E-state index contributed by atoms with van der Waals surface area (Å²) in [7, 11) is 0. The van der Waals surface area contributed by atoms with E-state index in [0.29, 0.717) is 18.8 Å². The second-order valence-electron chi connectivity index (χ2n) is 4.60. The Labute approximate surface area is 127 Å². The lowest BCUT2D eigenvalue weighted by molar-refractivity contribution is 0.321. The number of benzene rings is 1. The van der Waals surface area contributed by atoms with E-state index in [1.807, 2.05) is 0 Å². The van der Waals surface area contributed by atoms with Crippen LogP contribution in [0.15, 0.2) is 24.3 Å². The Morgan fingerprint density at radius 2 is 2.05 bits per heavy atom. The number of thiazole rings is 1. The van der Waals surface area contributed by atoms with E-state index in [2.05, 4.69) is 11.9 Å². The van der Waals surface area contributed by atoms with Crippen molar-refractivity contribution in [3.05, 3.63) is 45.7 Å². The molecule has 0 saturated heterocycles. The fourth-order valence-corrected chi connectivity index (χ4v) is 2.86. The van der Waals surface area contributed by atoms with Gasteiger partial charge in [-0.15, -0.1) is 11.3 Å². The molecule has 6 heteroatoms. The summed E-state index contributed by atoms with van der Waals surface area (Å²) in [5.41, 5.74) is 6.47. The second kappa shape index (κ2) is 7.17. The van der Waals surface area contributed by atoms with Gasteiger partial charge in [0.15, 0.2) is 0 Å². The highest BCUT2D eigenvalue weighted by Gasteiger charge is 2.12. The van der Waals surface area contributed by atoms with E-state index < -0.39 is 0 Å². The molecule has 2 aromatic rings. The Balaban J connectivity index is 1.95. The SMILES string of the molecule is CCCc1nc(CCOc2ccc(F)cc2)sc1C(=N)N. The van der Waals surface area contributed by atoms with Crippen LogP contribution in [0.3, 0.4) is 0 Å². The molecule has 0 amide bonds. The summed E-state index contributed by atoms with van der Waals surface area (Å²) >= 11 is 1.44. The molecule has 0 aliphatic heterocycles. The van der Waals surface area contributed by atoms with Gasteiger partial charge < -0.3 is 10.5 Å². The van der Waals surface area contributed by atoms with Crippen molar-refractivity contribution < 1.29 is 9.13 Å². The van der Waals surface area contributed by atoms with Gasteiger partial charge in [0, 0.05) is 6.42 Å². The first kappa shape index (κ1) is 15.4. The van der Waals surface area contributed by atoms with Crippen molar-refractivity contribution in [2.24, 2.45) is 5.73 Å². The standard InChI is InChI=1S/C15H18FN3OS/c1-2-3-12-14(15(17)18)21-13(19-12)8-9-20-11-6-4-10(16)5-7-11/h4-7H,2-3,8-9H2,1H3,(H3,17,18). The number of ether oxygens (including phenoxy) is 1. The smallest absolute Gasteiger partial charge is 0.135 e. The molecule has 0 atom stereocenters. The van der Waals surface area contributed by atoms with Crippen LogP contribution in [0.2, 0.25) is 0 Å². The summed E-state index contributed by atoms with van der Waals surface area (Å²) in [6.07, 6.45) is 2.44. The van der Waals surface area contributed by atoms with Gasteiger partial charge in [-0.3, -0.25) is 5.41 Å². The molecule has 0 unspecified atom stereocenters. The zero-order valence-electron chi connectivity index (χ0n) is 11.9. The maximum Gasteiger partial charge on any atom is 0.135 e. The van der Waals surface area contributed by atoms with Gasteiger partial charge in [0.25, 0.3) is 0 Å². The zero-order chi connectivity index (χ0) is 15.2. The maximum absolute atomic E-state index is 12.8. The van der Waals surface area contributed by atoms with Gasteiger partial charge in [0.1, 0.15) is 17.4 Å². The minimum Gasteiger partial charge on any atom is -0.493 e. The number of nitrogens with two attached hydrogens (primary N) is 1. The summed E-state index contributed by atoms with van der Waals surface area (Å²) in [6, 6.07) is 5.93. The van der Waals surface area contributed by atoms with E-state index in [1.54, 1.807) is 12.1 Å². The van der Waals surface area contributed by atoms with Crippen LogP contribution in [-0.4, -0.2) is 17.4 Å². The highest BCUT2D eigenvalue weighted by atomic mass is 32.1. The Morgan fingerprint density at radius 3 is 2.67 bits per heavy atom. The third-order valence-corrected chi connectivity index (χ3v) is 4.06. The van der Waals surface area contributed by atoms with E-state index in [-0.39, 0.29) is 11.7 Å². The quantitative estimate of drug-likeness (QED) is 0.609. The van der Waals surface area contributed by atoms with Crippen LogP contribution in [0.25, 0.3) is 0 Å². The first-order valence-electron chi connectivity index (χ1n) is 6.81. The summed E-state index contributed by atoms with van der Waals surface area (Å²) in [5.74, 6) is 0.424. The van der Waals surface area contributed by atoms with Crippen molar-refractivity contribution in [3.8, 4) is 5.75 Å². The molecule has 112 valence electrons. The van der Waals surface area contributed by atoms with Crippen molar-refractivity contribution in [1.82, 2.24) is 4.98 Å². The molecular formula is C15H18FN3OS. The van der Waals surface area contributed by atoms with Crippen LogP contribution in [0.5, 0.6) is 5.75 Å². The Kier molecular flexibility index (Phi) is 5.27. The van der Waals surface area contributed by atoms with Crippen molar-refractivity contribution in [1.29, 1.82) is 5.41 Å². The normalized spacial score (nSPS) is 10.6. The van der Waals surface area contributed by atoms with Crippen LogP contribution in [0.4, 0.5) is 4.39 Å². The van der Waals surface area contributed by atoms with Gasteiger partial charge in [-0.25, -0.2) is 9.37 Å². The van der Waals surface area contributed by atoms with Gasteiger partial charge in [-0.05, 0) is 30.7 Å². The minimum absolute atomic E-state index is 0.0710. The molecule has 21 heavy (non-hydrogen) atoms. The molecule has 4 nitrogen and oxygen atoms in total. The van der Waals surface area contributed by atoms with E-state index >= 15 is 0 Å². The number of halogens is 1. The number of hydrogen-bond donors (Lipinski definition) is 2. The second-order valence-corrected chi connectivity index (χ2v) is 5.68. The summed E-state index contributed by atoms with van der Waals surface area (Å²) < 4.78 is 18.3. The number of hydrogen-bond acceptors (Lipinski definition) is 4. The average Bonchev–Trinajstić information content (AvgIpc) is 2.85. The fraction of sp³-hybridized carbons (Fsp3) is 0.333. The molecule has 1 aromatic heterocycles. The van der Waals surface area contributed by atoms with Crippen LogP contribution < -0.4 is 10.5 Å². The maximum atomic E-state index is 12.8. The van der Waals surface area contributed by atoms with Crippen LogP contribution in [0.1, 0.15) is 28.9 Å². The first-order valence-corrected chi connectivity index (χ1v) is 7.63. The minimum atomic E-state index is -0.280. The molecule has 0 radical (unpaired) electrons. The van der Waals surface area contributed by atoms with Gasteiger partial charge in [0.05, 0.1) is 22.2 Å². The number of nitrogens with zero attached hydrogens (tertiary/aromatic N) is 1. The lowest BCUT2D eigenvalue weighted by atomic mass is 10.2. The predicted octanol–water partition coefficient (Wildman–Crippen LogP) is 3.14. The lowest BCUT2D eigenvalue weighted by Gasteiger charge is -2.04. The third-order valence-electron chi connectivity index (χ3n) is 2.87. The molecule has 2 rings (SSSR count). The molecule has 0 aliphatic carbocycles. The number of nitrogens with one attached hydrogen (secondary N) is 1. The molecule has 0 aliphatic rings. The predicted molar refractivity (Wildman–Crippen MR) is 82.7 cm³/mol. The van der Waals surface area contributed by atoms with Crippen LogP contribution in [0, 0.1) is 11.2 Å². The van der Waals surface area contributed by atoms with Gasteiger partial charge in [-0.1, -0.05) is 13.3 Å². The molecule has 3 N–H and O–H groups in total. The van der Waals surface area contributed by atoms with E-state index in [1.165, 1.54) is 23.5 Å². The number of amidine groups is 1. The Hall–Kier alpha value is -1.95. The van der Waals surface area contributed by atoms with Gasteiger partial charge >= 0.3 is 0 Å². The molecule has 0 fully saturated rings. The Bertz CT molecular complexity index is 610. The fourth-order valence-electron chi connectivity index (χ4n) is 1.91. The van der Waals surface area contributed by atoms with Gasteiger partial charge in [0.2, 0.25) is 0 Å². The number of aromatic nitrogens is 1. The largest absolute Gasteiger partial charge is 0.493 e. The molecular weight excluding hydrogens is 289 g/mol. The van der Waals surface area contributed by atoms with E-state index in [0.717, 1.165) is 28.4 Å². The lowest BCUT2D eigenvalue weighted by Crippen LogP contribution is -2.11. The molecule has 1 heterocycles. The number of rotatable bonds is 7. The van der Waals surface area contributed by atoms with Crippen molar-refractivity contribution in [3.63, 3.8) is 0 Å². The third kappa shape index (κ3) is 4.26. The van der Waals surface area contributed by atoms with Crippen LogP contribution in [-0.2, 0) is 12.8 Å². The summed E-state index contributed by atoms with van der Waals surface area (Å²) in [6.45, 7) is 2.53. The average molecular weight is 307 g/mol. The van der Waals surface area contributed by atoms with Crippen molar-refractivity contribution in [2.75, 3.05) is 6.61 Å². The first-order chi connectivity index (χ1) is 10.1. The number of nitrogen functional groups attached to an aromatic ring is 1. The molecule has 0 saturated carbocycles. The van der Waals surface area contributed by atoms with E-state index in [4.69, 9.17) is 15.9 Å². The van der Waals surface area contributed by atoms with Crippen molar-refractivity contribution in [2.45, 2.75) is 26.2 Å².